The first kappa shape index (κ1) is 22.2. The Labute approximate surface area is 192 Å². The first-order valence-corrected chi connectivity index (χ1v) is 10.8. The molecule has 4 rings (SSSR count). The van der Waals surface area contributed by atoms with Crippen molar-refractivity contribution >= 4 is 22.7 Å². The Bertz CT molecular complexity index is 1230. The fourth-order valence-electron chi connectivity index (χ4n) is 3.67. The summed E-state index contributed by atoms with van der Waals surface area (Å²) in [6, 6.07) is 21.6. The maximum absolute atomic E-state index is 11.3. The highest BCUT2D eigenvalue weighted by atomic mass is 16.5. The Morgan fingerprint density at radius 1 is 1.00 bits per heavy atom. The number of rotatable bonds is 9. The maximum atomic E-state index is 11.3. The number of anilines is 1. The molecule has 1 heterocycles. The first-order chi connectivity index (χ1) is 16.1. The number of hydrogen-bond acceptors (Lipinski definition) is 6. The van der Waals surface area contributed by atoms with Gasteiger partial charge in [0.2, 0.25) is 0 Å². The number of nitrogens with two attached hydrogens (primary N) is 1. The van der Waals surface area contributed by atoms with Crippen LogP contribution in [-0.4, -0.2) is 36.3 Å². The van der Waals surface area contributed by atoms with Crippen LogP contribution in [0.25, 0.3) is 28.1 Å². The predicted octanol–water partition coefficient (Wildman–Crippen LogP) is 5.01. The minimum absolute atomic E-state index is 0.215. The number of carbonyl (C=O) groups excluding carboxylic acids is 1. The molecule has 0 aliphatic rings. The van der Waals surface area contributed by atoms with E-state index in [4.69, 9.17) is 20.2 Å². The lowest BCUT2D eigenvalue weighted by Crippen LogP contribution is -2.04. The number of hydrogen-bond donors (Lipinski definition) is 1. The summed E-state index contributed by atoms with van der Waals surface area (Å²) in [7, 11) is 3.04. The smallest absolute Gasteiger partial charge is 0.305 e. The molecular weight excluding hydrogens is 418 g/mol. The number of aromatic nitrogens is 2. The molecule has 0 saturated carbocycles. The van der Waals surface area contributed by atoms with Crippen LogP contribution in [0, 0.1) is 0 Å². The van der Waals surface area contributed by atoms with Gasteiger partial charge in [-0.05, 0) is 43.2 Å². The van der Waals surface area contributed by atoms with Gasteiger partial charge in [-0.2, -0.15) is 0 Å². The molecule has 0 bridgehead atoms. The Hall–Kier alpha value is -4.00. The van der Waals surface area contributed by atoms with Crippen LogP contribution in [0.15, 0.2) is 66.7 Å². The van der Waals surface area contributed by atoms with E-state index >= 15 is 0 Å². The van der Waals surface area contributed by atoms with Crippen molar-refractivity contribution in [2.45, 2.75) is 19.3 Å². The Morgan fingerprint density at radius 3 is 2.45 bits per heavy atom. The number of fused-ring (bicyclic) bond motifs is 1. The standard InChI is InChI=1S/C26H27N3O4/c1-31-20-13-11-19(12-14-20)29-23-17-24(33-15-7-6-10-25(30)32-2)21(27)16-22(23)28-26(29)18-8-4-3-5-9-18/h3-5,8-9,11-14,16-17H,6-7,10,15,27H2,1-2H3. The van der Waals surface area contributed by atoms with Gasteiger partial charge in [-0.15, -0.1) is 0 Å². The molecule has 0 saturated heterocycles. The molecule has 0 atom stereocenters. The van der Waals surface area contributed by atoms with Gasteiger partial charge in [0.15, 0.2) is 0 Å². The van der Waals surface area contributed by atoms with Crippen LogP contribution in [0.1, 0.15) is 19.3 Å². The van der Waals surface area contributed by atoms with Crippen LogP contribution < -0.4 is 15.2 Å². The van der Waals surface area contributed by atoms with Crippen molar-refractivity contribution in [1.29, 1.82) is 0 Å². The second-order valence-corrected chi connectivity index (χ2v) is 7.60. The van der Waals surface area contributed by atoms with Crippen molar-refractivity contribution in [3.8, 4) is 28.6 Å². The molecule has 0 spiro atoms. The third kappa shape index (κ3) is 4.92. The summed E-state index contributed by atoms with van der Waals surface area (Å²) in [5.74, 6) is 1.97. The molecule has 2 N–H and O–H groups in total. The second kappa shape index (κ2) is 10.1. The van der Waals surface area contributed by atoms with Crippen LogP contribution in [-0.2, 0) is 9.53 Å². The summed E-state index contributed by atoms with van der Waals surface area (Å²) < 4.78 is 18.0. The van der Waals surface area contributed by atoms with Gasteiger partial charge in [-0.1, -0.05) is 30.3 Å². The minimum atomic E-state index is -0.215. The molecule has 7 heteroatoms. The van der Waals surface area contributed by atoms with Crippen LogP contribution >= 0.6 is 0 Å². The highest BCUT2D eigenvalue weighted by Gasteiger charge is 2.17. The second-order valence-electron chi connectivity index (χ2n) is 7.60. The Morgan fingerprint density at radius 2 is 1.76 bits per heavy atom. The molecule has 0 aliphatic carbocycles. The third-order valence-electron chi connectivity index (χ3n) is 5.41. The SMILES string of the molecule is COC(=O)CCCCOc1cc2c(cc1N)nc(-c1ccccc1)n2-c1ccc(OC)cc1. The molecule has 0 unspecified atom stereocenters. The molecular formula is C26H27N3O4. The molecule has 170 valence electrons. The van der Waals surface area contributed by atoms with Gasteiger partial charge >= 0.3 is 5.97 Å². The molecule has 0 amide bonds. The van der Waals surface area contributed by atoms with Gasteiger partial charge in [0.1, 0.15) is 17.3 Å². The normalized spacial score (nSPS) is 10.8. The summed E-state index contributed by atoms with van der Waals surface area (Å²) in [6.45, 7) is 0.453. The highest BCUT2D eigenvalue weighted by molar-refractivity contribution is 5.88. The predicted molar refractivity (Wildman–Crippen MR) is 129 cm³/mol. The van der Waals surface area contributed by atoms with Crippen LogP contribution in [0.3, 0.4) is 0 Å². The molecule has 0 radical (unpaired) electrons. The molecule has 0 aliphatic heterocycles. The molecule has 1 aromatic heterocycles. The van der Waals surface area contributed by atoms with Crippen molar-refractivity contribution in [1.82, 2.24) is 9.55 Å². The summed E-state index contributed by atoms with van der Waals surface area (Å²) in [5, 5.41) is 0. The molecule has 4 aromatic rings. The summed E-state index contributed by atoms with van der Waals surface area (Å²) in [5.41, 5.74) is 10.4. The van der Waals surface area contributed by atoms with Crippen molar-refractivity contribution < 1.29 is 19.0 Å². The average Bonchev–Trinajstić information content (AvgIpc) is 3.22. The zero-order valence-corrected chi connectivity index (χ0v) is 18.8. The highest BCUT2D eigenvalue weighted by Crippen LogP contribution is 2.34. The number of ether oxygens (including phenoxy) is 3. The number of nitrogen functional groups attached to an aromatic ring is 1. The quantitative estimate of drug-likeness (QED) is 0.221. The lowest BCUT2D eigenvalue weighted by atomic mass is 10.2. The van der Waals surface area contributed by atoms with Crippen molar-refractivity contribution in [3.63, 3.8) is 0 Å². The summed E-state index contributed by atoms with van der Waals surface area (Å²) in [4.78, 5) is 16.2. The van der Waals surface area contributed by atoms with E-state index in [-0.39, 0.29) is 5.97 Å². The minimum Gasteiger partial charge on any atom is -0.497 e. The largest absolute Gasteiger partial charge is 0.497 e. The van der Waals surface area contributed by atoms with E-state index in [1.165, 1.54) is 7.11 Å². The van der Waals surface area contributed by atoms with Gasteiger partial charge in [-0.3, -0.25) is 9.36 Å². The zero-order valence-electron chi connectivity index (χ0n) is 18.8. The van der Waals surface area contributed by atoms with Crippen LogP contribution in [0.5, 0.6) is 11.5 Å². The molecule has 33 heavy (non-hydrogen) atoms. The number of methoxy groups -OCH3 is 2. The fourth-order valence-corrected chi connectivity index (χ4v) is 3.67. The van der Waals surface area contributed by atoms with E-state index < -0.39 is 0 Å². The van der Waals surface area contributed by atoms with E-state index in [1.807, 2.05) is 66.7 Å². The molecule has 3 aromatic carbocycles. The number of imidazole rings is 1. The number of nitrogens with zero attached hydrogens (tertiary/aromatic N) is 2. The van der Waals surface area contributed by atoms with Gasteiger partial charge < -0.3 is 19.9 Å². The van der Waals surface area contributed by atoms with Crippen LogP contribution in [0.2, 0.25) is 0 Å². The fraction of sp³-hybridized carbons (Fsp3) is 0.231. The topological polar surface area (TPSA) is 88.6 Å². The summed E-state index contributed by atoms with van der Waals surface area (Å²) in [6.07, 6.45) is 1.79. The van der Waals surface area contributed by atoms with E-state index in [1.54, 1.807) is 7.11 Å². The summed E-state index contributed by atoms with van der Waals surface area (Å²) >= 11 is 0. The third-order valence-corrected chi connectivity index (χ3v) is 5.41. The first-order valence-electron chi connectivity index (χ1n) is 10.8. The van der Waals surface area contributed by atoms with Gasteiger partial charge in [0, 0.05) is 23.7 Å². The number of carbonyl (C=O) groups is 1. The van der Waals surface area contributed by atoms with Crippen molar-refractivity contribution in [2.75, 3.05) is 26.6 Å². The van der Waals surface area contributed by atoms with Crippen molar-refractivity contribution in [3.05, 3.63) is 66.7 Å². The van der Waals surface area contributed by atoms with Gasteiger partial charge in [-0.25, -0.2) is 4.98 Å². The van der Waals surface area contributed by atoms with E-state index in [0.717, 1.165) is 40.3 Å². The average molecular weight is 446 g/mol. The number of unbranched alkanes of at least 4 members (excludes halogenated alkanes) is 1. The van der Waals surface area contributed by atoms with Crippen LogP contribution in [0.4, 0.5) is 5.69 Å². The lowest BCUT2D eigenvalue weighted by Gasteiger charge is -2.12. The van der Waals surface area contributed by atoms with Gasteiger partial charge in [0.05, 0.1) is 37.5 Å². The van der Waals surface area contributed by atoms with Crippen molar-refractivity contribution in [2.24, 2.45) is 0 Å². The Kier molecular flexibility index (Phi) is 6.78. The van der Waals surface area contributed by atoms with E-state index in [9.17, 15) is 4.79 Å². The van der Waals surface area contributed by atoms with Gasteiger partial charge in [0.25, 0.3) is 0 Å². The zero-order chi connectivity index (χ0) is 23.2. The molecule has 0 fully saturated rings. The monoisotopic (exact) mass is 445 g/mol. The lowest BCUT2D eigenvalue weighted by molar-refractivity contribution is -0.140. The molecule has 7 nitrogen and oxygen atoms in total. The number of esters is 1. The van der Waals surface area contributed by atoms with E-state index in [2.05, 4.69) is 9.30 Å². The number of benzene rings is 3. The Balaban J connectivity index is 1.70. The van der Waals surface area contributed by atoms with E-state index in [0.29, 0.717) is 30.9 Å². The maximum Gasteiger partial charge on any atom is 0.305 e.